The number of alkyl halides is 1. The fourth-order valence-corrected chi connectivity index (χ4v) is 1.04. The van der Waals surface area contributed by atoms with Gasteiger partial charge in [-0.2, -0.15) is 0 Å². The SMILES string of the molecule is COC(=O)c1ncccc1CCl. The summed E-state index contributed by atoms with van der Waals surface area (Å²) in [7, 11) is 1.31. The second-order valence-electron chi connectivity index (χ2n) is 2.14. The number of hydrogen-bond acceptors (Lipinski definition) is 3. The molecule has 1 aromatic rings. The Labute approximate surface area is 75.3 Å². The van der Waals surface area contributed by atoms with Gasteiger partial charge in [0.1, 0.15) is 0 Å². The van der Waals surface area contributed by atoms with E-state index in [1.165, 1.54) is 13.3 Å². The maximum absolute atomic E-state index is 11.0. The van der Waals surface area contributed by atoms with Crippen LogP contribution in [0.5, 0.6) is 0 Å². The number of esters is 1. The average molecular weight is 186 g/mol. The summed E-state index contributed by atoms with van der Waals surface area (Å²) in [6.07, 6.45) is 1.53. The molecule has 0 aromatic carbocycles. The molecule has 0 saturated carbocycles. The van der Waals surface area contributed by atoms with E-state index in [1.807, 2.05) is 0 Å². The highest BCUT2D eigenvalue weighted by atomic mass is 35.5. The van der Waals surface area contributed by atoms with Crippen molar-refractivity contribution in [3.05, 3.63) is 29.6 Å². The molecular formula is C8H8ClNO2. The molecule has 0 aliphatic rings. The van der Waals surface area contributed by atoms with Gasteiger partial charge in [-0.25, -0.2) is 9.78 Å². The summed E-state index contributed by atoms with van der Waals surface area (Å²) in [6.45, 7) is 0. The molecule has 0 fully saturated rings. The molecule has 0 atom stereocenters. The first kappa shape index (κ1) is 9.00. The van der Waals surface area contributed by atoms with E-state index in [9.17, 15) is 4.79 Å². The lowest BCUT2D eigenvalue weighted by atomic mass is 10.2. The summed E-state index contributed by atoms with van der Waals surface area (Å²) in [5.74, 6) is -0.190. The van der Waals surface area contributed by atoms with Gasteiger partial charge in [0.05, 0.1) is 7.11 Å². The van der Waals surface area contributed by atoms with Crippen LogP contribution in [-0.4, -0.2) is 18.1 Å². The minimum Gasteiger partial charge on any atom is -0.464 e. The van der Waals surface area contributed by atoms with Crippen molar-refractivity contribution in [3.8, 4) is 0 Å². The molecule has 64 valence electrons. The number of pyridine rings is 1. The third-order valence-electron chi connectivity index (χ3n) is 1.41. The summed E-state index contributed by atoms with van der Waals surface area (Å²) >= 11 is 5.59. The van der Waals surface area contributed by atoms with E-state index in [0.717, 1.165) is 0 Å². The van der Waals surface area contributed by atoms with E-state index >= 15 is 0 Å². The standard InChI is InChI=1S/C8H8ClNO2/c1-12-8(11)7-6(5-9)3-2-4-10-7/h2-4H,5H2,1H3. The summed E-state index contributed by atoms with van der Waals surface area (Å²) in [5.41, 5.74) is 0.973. The largest absolute Gasteiger partial charge is 0.464 e. The van der Waals surface area contributed by atoms with Crippen molar-refractivity contribution in [1.29, 1.82) is 0 Å². The highest BCUT2D eigenvalue weighted by Gasteiger charge is 2.10. The highest BCUT2D eigenvalue weighted by molar-refractivity contribution is 6.17. The lowest BCUT2D eigenvalue weighted by Crippen LogP contribution is -2.07. The van der Waals surface area contributed by atoms with Crippen molar-refractivity contribution in [2.75, 3.05) is 7.11 Å². The molecule has 1 aromatic heterocycles. The van der Waals surface area contributed by atoms with E-state index in [4.69, 9.17) is 11.6 Å². The first-order chi connectivity index (χ1) is 5.79. The number of carbonyl (C=O) groups is 1. The molecule has 0 bridgehead atoms. The Hall–Kier alpha value is -1.09. The number of ether oxygens (including phenoxy) is 1. The first-order valence-electron chi connectivity index (χ1n) is 3.37. The van der Waals surface area contributed by atoms with Gasteiger partial charge in [0.15, 0.2) is 5.69 Å². The Kier molecular flexibility index (Phi) is 3.05. The van der Waals surface area contributed by atoms with Crippen molar-refractivity contribution < 1.29 is 9.53 Å². The molecule has 12 heavy (non-hydrogen) atoms. The number of aromatic nitrogens is 1. The van der Waals surface area contributed by atoms with Crippen LogP contribution in [0, 0.1) is 0 Å². The van der Waals surface area contributed by atoms with Crippen LogP contribution >= 0.6 is 11.6 Å². The Morgan fingerprint density at radius 2 is 2.50 bits per heavy atom. The summed E-state index contributed by atoms with van der Waals surface area (Å²) in [5, 5.41) is 0. The normalized spacial score (nSPS) is 9.50. The van der Waals surface area contributed by atoms with Crippen molar-refractivity contribution in [2.24, 2.45) is 0 Å². The zero-order chi connectivity index (χ0) is 8.97. The molecule has 0 N–H and O–H groups in total. The van der Waals surface area contributed by atoms with Gasteiger partial charge in [-0.1, -0.05) is 6.07 Å². The fourth-order valence-electron chi connectivity index (χ4n) is 0.827. The van der Waals surface area contributed by atoms with Gasteiger partial charge in [-0.15, -0.1) is 11.6 Å². The van der Waals surface area contributed by atoms with Crippen LogP contribution in [0.4, 0.5) is 0 Å². The lowest BCUT2D eigenvalue weighted by Gasteiger charge is -2.01. The molecular weight excluding hydrogens is 178 g/mol. The van der Waals surface area contributed by atoms with E-state index in [-0.39, 0.29) is 11.6 Å². The zero-order valence-electron chi connectivity index (χ0n) is 6.58. The Bertz CT molecular complexity index is 288. The minimum atomic E-state index is -0.453. The second-order valence-corrected chi connectivity index (χ2v) is 2.40. The van der Waals surface area contributed by atoms with Crippen LogP contribution in [0.3, 0.4) is 0 Å². The molecule has 0 spiro atoms. The van der Waals surface area contributed by atoms with Gasteiger partial charge in [0, 0.05) is 17.6 Å². The van der Waals surface area contributed by atoms with E-state index in [1.54, 1.807) is 12.1 Å². The first-order valence-corrected chi connectivity index (χ1v) is 3.91. The zero-order valence-corrected chi connectivity index (χ0v) is 7.34. The second kappa shape index (κ2) is 4.07. The molecule has 4 heteroatoms. The van der Waals surface area contributed by atoms with Crippen LogP contribution in [0.1, 0.15) is 16.1 Å². The number of hydrogen-bond donors (Lipinski definition) is 0. The molecule has 0 aliphatic heterocycles. The summed E-state index contributed by atoms with van der Waals surface area (Å²) < 4.78 is 4.52. The molecule has 1 rings (SSSR count). The lowest BCUT2D eigenvalue weighted by molar-refractivity contribution is 0.0593. The number of nitrogens with zero attached hydrogens (tertiary/aromatic N) is 1. The predicted molar refractivity (Wildman–Crippen MR) is 45.1 cm³/mol. The molecule has 0 radical (unpaired) electrons. The van der Waals surface area contributed by atoms with Gasteiger partial charge < -0.3 is 4.74 Å². The number of rotatable bonds is 2. The Morgan fingerprint density at radius 3 is 3.08 bits per heavy atom. The smallest absolute Gasteiger partial charge is 0.356 e. The molecule has 0 aliphatic carbocycles. The molecule has 0 unspecified atom stereocenters. The van der Waals surface area contributed by atoms with Crippen LogP contribution in [0.25, 0.3) is 0 Å². The summed E-state index contributed by atoms with van der Waals surface area (Å²) in [6, 6.07) is 3.47. The van der Waals surface area contributed by atoms with Gasteiger partial charge in [-0.05, 0) is 6.07 Å². The van der Waals surface area contributed by atoms with Crippen LogP contribution in [0.2, 0.25) is 0 Å². The molecule has 0 amide bonds. The maximum atomic E-state index is 11.0. The van der Waals surface area contributed by atoms with Gasteiger partial charge in [0.25, 0.3) is 0 Å². The summed E-state index contributed by atoms with van der Waals surface area (Å²) in [4.78, 5) is 14.9. The Morgan fingerprint density at radius 1 is 1.75 bits per heavy atom. The van der Waals surface area contributed by atoms with Crippen LogP contribution in [-0.2, 0) is 10.6 Å². The number of halogens is 1. The van der Waals surface area contributed by atoms with Gasteiger partial charge in [-0.3, -0.25) is 0 Å². The fraction of sp³-hybridized carbons (Fsp3) is 0.250. The monoisotopic (exact) mass is 185 g/mol. The number of carbonyl (C=O) groups excluding carboxylic acids is 1. The quantitative estimate of drug-likeness (QED) is 0.519. The van der Waals surface area contributed by atoms with Gasteiger partial charge >= 0.3 is 5.97 Å². The van der Waals surface area contributed by atoms with Crippen molar-refractivity contribution >= 4 is 17.6 Å². The van der Waals surface area contributed by atoms with E-state index < -0.39 is 5.97 Å². The van der Waals surface area contributed by atoms with Crippen molar-refractivity contribution in [1.82, 2.24) is 4.98 Å². The Balaban J connectivity index is 3.04. The van der Waals surface area contributed by atoms with Crippen LogP contribution < -0.4 is 0 Å². The van der Waals surface area contributed by atoms with Crippen molar-refractivity contribution in [3.63, 3.8) is 0 Å². The molecule has 1 heterocycles. The van der Waals surface area contributed by atoms with E-state index in [0.29, 0.717) is 5.56 Å². The molecule has 3 nitrogen and oxygen atoms in total. The topological polar surface area (TPSA) is 39.2 Å². The minimum absolute atomic E-state index is 0.262. The number of methoxy groups -OCH3 is 1. The van der Waals surface area contributed by atoms with Crippen molar-refractivity contribution in [2.45, 2.75) is 5.88 Å². The predicted octanol–water partition coefficient (Wildman–Crippen LogP) is 1.61. The maximum Gasteiger partial charge on any atom is 0.356 e. The third-order valence-corrected chi connectivity index (χ3v) is 1.70. The van der Waals surface area contributed by atoms with E-state index in [2.05, 4.69) is 9.72 Å². The average Bonchev–Trinajstić information content (AvgIpc) is 2.16. The molecule has 0 saturated heterocycles. The van der Waals surface area contributed by atoms with Crippen LogP contribution in [0.15, 0.2) is 18.3 Å². The third kappa shape index (κ3) is 1.74. The van der Waals surface area contributed by atoms with Gasteiger partial charge in [0.2, 0.25) is 0 Å². The highest BCUT2D eigenvalue weighted by Crippen LogP contribution is 2.08.